The molecule has 0 bridgehead atoms. The molecule has 1 aliphatic heterocycles. The van der Waals surface area contributed by atoms with Crippen molar-refractivity contribution in [2.45, 2.75) is 31.7 Å². The lowest BCUT2D eigenvalue weighted by molar-refractivity contribution is 0.132. The Morgan fingerprint density at radius 2 is 2.03 bits per heavy atom. The van der Waals surface area contributed by atoms with Crippen molar-refractivity contribution in [3.63, 3.8) is 0 Å². The summed E-state index contributed by atoms with van der Waals surface area (Å²) in [5.74, 6) is 1.29. The first-order valence-corrected chi connectivity index (χ1v) is 11.6. The van der Waals surface area contributed by atoms with Gasteiger partial charge in [-0.05, 0) is 42.7 Å². The second-order valence-electron chi connectivity index (χ2n) is 8.71. The molecule has 0 spiro atoms. The third-order valence-electron chi connectivity index (χ3n) is 6.33. The van der Waals surface area contributed by atoms with Crippen molar-refractivity contribution in [2.75, 3.05) is 18.4 Å². The van der Waals surface area contributed by atoms with E-state index >= 15 is 0 Å². The first kappa shape index (κ1) is 22.3. The molecule has 2 aromatic carbocycles. The van der Waals surface area contributed by atoms with Crippen molar-refractivity contribution >= 4 is 22.8 Å². The van der Waals surface area contributed by atoms with E-state index in [1.54, 1.807) is 18.5 Å². The van der Waals surface area contributed by atoms with Crippen LogP contribution in [0.5, 0.6) is 0 Å². The molecule has 1 fully saturated rings. The van der Waals surface area contributed by atoms with E-state index in [4.69, 9.17) is 4.98 Å². The zero-order chi connectivity index (χ0) is 24.4. The third-order valence-corrected chi connectivity index (χ3v) is 6.33. The van der Waals surface area contributed by atoms with Crippen LogP contribution in [0.3, 0.4) is 0 Å². The summed E-state index contributed by atoms with van der Waals surface area (Å²) < 4.78 is 1.90. The Kier molecular flexibility index (Phi) is 6.02. The largest absolute Gasteiger partial charge is 0.465 e. The minimum absolute atomic E-state index is 0.0738. The Hall–Kier alpha value is -4.45. The minimum Gasteiger partial charge on any atom is -0.465 e. The normalized spacial score (nSPS) is 16.6. The molecule has 2 atom stereocenters. The molecule has 1 amide bonds. The lowest BCUT2D eigenvalue weighted by atomic mass is 10.1. The van der Waals surface area contributed by atoms with Crippen LogP contribution in [0, 0.1) is 11.3 Å². The smallest absolute Gasteiger partial charge is 0.407 e. The topological polar surface area (TPSA) is 120 Å². The fraction of sp³-hybridized carbons (Fsp3) is 0.269. The maximum atomic E-state index is 11.4. The molecular weight excluding hydrogens is 442 g/mol. The maximum Gasteiger partial charge on any atom is 0.407 e. The van der Waals surface area contributed by atoms with Gasteiger partial charge >= 0.3 is 6.09 Å². The highest BCUT2D eigenvalue weighted by Crippen LogP contribution is 2.29. The van der Waals surface area contributed by atoms with Crippen molar-refractivity contribution in [3.05, 3.63) is 66.6 Å². The highest BCUT2D eigenvalue weighted by Gasteiger charge is 2.24. The van der Waals surface area contributed by atoms with Crippen LogP contribution < -0.4 is 5.32 Å². The Morgan fingerprint density at radius 3 is 2.83 bits per heavy atom. The predicted octanol–water partition coefficient (Wildman–Crippen LogP) is 4.66. The minimum atomic E-state index is -0.917. The first-order chi connectivity index (χ1) is 17.0. The van der Waals surface area contributed by atoms with Crippen molar-refractivity contribution in [2.24, 2.45) is 0 Å². The zero-order valence-electron chi connectivity index (χ0n) is 19.3. The number of likely N-dealkylation sites (tertiary alicyclic amines) is 1. The van der Waals surface area contributed by atoms with E-state index in [1.807, 2.05) is 29.7 Å². The van der Waals surface area contributed by atoms with Gasteiger partial charge in [0.2, 0.25) is 5.95 Å². The van der Waals surface area contributed by atoms with E-state index in [1.165, 1.54) is 4.90 Å². The molecular formula is C26H25N7O2. The first-order valence-electron chi connectivity index (χ1n) is 11.6. The molecule has 0 radical (unpaired) electrons. The standard InChI is InChI=1S/C26H25N7O2/c1-17(14-27)22-15-29-24(20-9-8-18-5-2-3-6-19(18)13-20)33(22)23-10-11-28-25(31-23)30-21-7-4-12-32(16-21)26(34)35/h2-3,5-6,8-11,13,15,17,21H,4,7,12,16H2,1H3,(H,34,35)(H,28,30,31). The Morgan fingerprint density at radius 1 is 1.20 bits per heavy atom. The fourth-order valence-corrected chi connectivity index (χ4v) is 4.50. The average Bonchev–Trinajstić information content (AvgIpc) is 3.33. The molecule has 35 heavy (non-hydrogen) atoms. The van der Waals surface area contributed by atoms with Crippen LogP contribution in [0.1, 0.15) is 31.4 Å². The van der Waals surface area contributed by atoms with Crippen LogP contribution in [-0.4, -0.2) is 54.8 Å². The number of fused-ring (bicyclic) bond motifs is 1. The third kappa shape index (κ3) is 4.51. The molecule has 1 aliphatic rings. The maximum absolute atomic E-state index is 11.4. The van der Waals surface area contributed by atoms with Gasteiger partial charge in [-0.15, -0.1) is 0 Å². The second-order valence-corrected chi connectivity index (χ2v) is 8.71. The molecule has 9 nitrogen and oxygen atoms in total. The van der Waals surface area contributed by atoms with Gasteiger partial charge in [-0.25, -0.2) is 14.8 Å². The van der Waals surface area contributed by atoms with Crippen LogP contribution in [0.4, 0.5) is 10.7 Å². The molecule has 2 unspecified atom stereocenters. The SMILES string of the molecule is CC(C#N)c1cnc(-c2ccc3ccccc3c2)n1-c1ccnc(NC2CCCN(C(=O)O)C2)n1. The Labute approximate surface area is 202 Å². The van der Waals surface area contributed by atoms with Gasteiger partial charge in [-0.1, -0.05) is 36.4 Å². The summed E-state index contributed by atoms with van der Waals surface area (Å²) in [5.41, 5.74) is 1.65. The molecule has 0 aliphatic carbocycles. The highest BCUT2D eigenvalue weighted by molar-refractivity contribution is 5.86. The quantitative estimate of drug-likeness (QED) is 0.438. The van der Waals surface area contributed by atoms with Crippen LogP contribution in [0.25, 0.3) is 28.0 Å². The van der Waals surface area contributed by atoms with Gasteiger partial charge < -0.3 is 15.3 Å². The van der Waals surface area contributed by atoms with Gasteiger partial charge in [0, 0.05) is 30.9 Å². The average molecular weight is 468 g/mol. The van der Waals surface area contributed by atoms with Crippen molar-refractivity contribution in [3.8, 4) is 23.3 Å². The number of aromatic nitrogens is 4. The summed E-state index contributed by atoms with van der Waals surface area (Å²) in [6, 6.07) is 18.3. The number of carbonyl (C=O) groups is 1. The number of nitrogens with zero attached hydrogens (tertiary/aromatic N) is 6. The molecule has 5 rings (SSSR count). The van der Waals surface area contributed by atoms with Gasteiger partial charge in [0.05, 0.1) is 23.9 Å². The summed E-state index contributed by atoms with van der Waals surface area (Å²) in [5, 5.41) is 24.5. The summed E-state index contributed by atoms with van der Waals surface area (Å²) in [7, 11) is 0. The lowest BCUT2D eigenvalue weighted by Crippen LogP contribution is -2.44. The fourth-order valence-electron chi connectivity index (χ4n) is 4.50. The monoisotopic (exact) mass is 467 g/mol. The van der Waals surface area contributed by atoms with E-state index in [9.17, 15) is 15.2 Å². The van der Waals surface area contributed by atoms with E-state index in [0.717, 1.165) is 34.9 Å². The predicted molar refractivity (Wildman–Crippen MR) is 132 cm³/mol. The van der Waals surface area contributed by atoms with Gasteiger partial charge in [0.15, 0.2) is 0 Å². The van der Waals surface area contributed by atoms with Gasteiger partial charge in [0.1, 0.15) is 11.6 Å². The van der Waals surface area contributed by atoms with Gasteiger partial charge in [0.25, 0.3) is 0 Å². The van der Waals surface area contributed by atoms with E-state index in [0.29, 0.717) is 30.7 Å². The number of rotatable bonds is 5. The molecule has 1 saturated heterocycles. The number of hydrogen-bond acceptors (Lipinski definition) is 6. The molecule has 2 aromatic heterocycles. The van der Waals surface area contributed by atoms with E-state index in [2.05, 4.69) is 45.6 Å². The molecule has 9 heteroatoms. The molecule has 176 valence electrons. The summed E-state index contributed by atoms with van der Waals surface area (Å²) in [6.45, 7) is 2.75. The number of carboxylic acid groups (broad SMARTS) is 1. The molecule has 4 aromatic rings. The number of benzene rings is 2. The molecule has 3 heterocycles. The summed E-state index contributed by atoms with van der Waals surface area (Å²) >= 11 is 0. The van der Waals surface area contributed by atoms with Gasteiger partial charge in [-0.3, -0.25) is 4.57 Å². The van der Waals surface area contributed by atoms with Crippen LogP contribution in [-0.2, 0) is 0 Å². The van der Waals surface area contributed by atoms with Crippen LogP contribution >= 0.6 is 0 Å². The van der Waals surface area contributed by atoms with Crippen molar-refractivity contribution < 1.29 is 9.90 Å². The van der Waals surface area contributed by atoms with Crippen molar-refractivity contribution in [1.29, 1.82) is 5.26 Å². The second kappa shape index (κ2) is 9.43. The number of piperidine rings is 1. The number of nitrogens with one attached hydrogen (secondary N) is 1. The zero-order valence-corrected chi connectivity index (χ0v) is 19.3. The lowest BCUT2D eigenvalue weighted by Gasteiger charge is -2.31. The number of anilines is 1. The van der Waals surface area contributed by atoms with Gasteiger partial charge in [-0.2, -0.15) is 10.2 Å². The van der Waals surface area contributed by atoms with E-state index in [-0.39, 0.29) is 6.04 Å². The van der Waals surface area contributed by atoms with Crippen LogP contribution in [0.2, 0.25) is 0 Å². The highest BCUT2D eigenvalue weighted by atomic mass is 16.4. The summed E-state index contributed by atoms with van der Waals surface area (Å²) in [6.07, 6.45) is 4.08. The number of amides is 1. The van der Waals surface area contributed by atoms with E-state index < -0.39 is 12.0 Å². The Bertz CT molecular complexity index is 1420. The van der Waals surface area contributed by atoms with Crippen LogP contribution in [0.15, 0.2) is 60.9 Å². The number of hydrogen-bond donors (Lipinski definition) is 2. The van der Waals surface area contributed by atoms with Crippen molar-refractivity contribution in [1.82, 2.24) is 24.4 Å². The number of nitriles is 1. The summed E-state index contributed by atoms with van der Waals surface area (Å²) in [4.78, 5) is 26.6. The Balaban J connectivity index is 1.53. The number of imidazole rings is 1. The molecule has 0 saturated carbocycles. The molecule has 2 N–H and O–H groups in total.